The fraction of sp³-hybridized carbons (Fsp3) is 0.500. The summed E-state index contributed by atoms with van der Waals surface area (Å²) >= 11 is 0. The third-order valence-corrected chi connectivity index (χ3v) is 4.70. The molecule has 0 bridgehead atoms. The molecular weight excluding hydrogens is 336 g/mol. The van der Waals surface area contributed by atoms with E-state index in [2.05, 4.69) is 10.2 Å². The van der Waals surface area contributed by atoms with Crippen LogP contribution < -0.4 is 10.9 Å². The van der Waals surface area contributed by atoms with Crippen molar-refractivity contribution in [2.45, 2.75) is 19.9 Å². The minimum atomic E-state index is -0.578. The van der Waals surface area contributed by atoms with Crippen LogP contribution in [0, 0.1) is 10.1 Å². The summed E-state index contributed by atoms with van der Waals surface area (Å²) < 4.78 is 6.78. The molecule has 1 aromatic heterocycles. The van der Waals surface area contributed by atoms with E-state index < -0.39 is 10.5 Å². The van der Waals surface area contributed by atoms with Crippen LogP contribution in [0.15, 0.2) is 29.1 Å². The maximum Gasteiger partial charge on any atom is 0.357 e. The van der Waals surface area contributed by atoms with Crippen LogP contribution in [0.4, 0.5) is 11.4 Å². The van der Waals surface area contributed by atoms with Crippen molar-refractivity contribution in [1.82, 2.24) is 9.47 Å². The number of para-hydroxylation sites is 1. The number of pyridine rings is 1. The van der Waals surface area contributed by atoms with E-state index >= 15 is 0 Å². The third-order valence-electron chi connectivity index (χ3n) is 4.70. The first-order valence-electron chi connectivity index (χ1n) is 8.97. The van der Waals surface area contributed by atoms with Crippen molar-refractivity contribution in [2.24, 2.45) is 0 Å². The number of hydrogen-bond acceptors (Lipinski definition) is 6. The predicted octanol–water partition coefficient (Wildman–Crippen LogP) is 2.06. The highest BCUT2D eigenvalue weighted by Gasteiger charge is 2.25. The van der Waals surface area contributed by atoms with E-state index in [1.807, 2.05) is 31.2 Å². The number of aromatic nitrogens is 1. The Morgan fingerprint density at radius 2 is 2.00 bits per heavy atom. The summed E-state index contributed by atoms with van der Waals surface area (Å²) in [6, 6.07) is 7.30. The van der Waals surface area contributed by atoms with Crippen molar-refractivity contribution in [1.29, 1.82) is 0 Å². The lowest BCUT2D eigenvalue weighted by Gasteiger charge is -2.26. The molecule has 140 valence electrons. The lowest BCUT2D eigenvalue weighted by Crippen LogP contribution is -2.37. The molecule has 0 atom stereocenters. The average molecular weight is 360 g/mol. The van der Waals surface area contributed by atoms with Gasteiger partial charge in [-0.25, -0.2) is 0 Å². The number of aryl methyl sites for hydroxylation is 1. The van der Waals surface area contributed by atoms with Crippen molar-refractivity contribution in [2.75, 3.05) is 44.7 Å². The Morgan fingerprint density at radius 3 is 2.69 bits per heavy atom. The van der Waals surface area contributed by atoms with Crippen LogP contribution >= 0.6 is 0 Å². The van der Waals surface area contributed by atoms with Crippen LogP contribution in [-0.2, 0) is 11.3 Å². The molecule has 8 heteroatoms. The van der Waals surface area contributed by atoms with Gasteiger partial charge in [-0.1, -0.05) is 18.2 Å². The van der Waals surface area contributed by atoms with Gasteiger partial charge in [0, 0.05) is 31.6 Å². The highest BCUT2D eigenvalue weighted by Crippen LogP contribution is 2.30. The zero-order valence-electron chi connectivity index (χ0n) is 14.9. The van der Waals surface area contributed by atoms with Gasteiger partial charge in [0.05, 0.1) is 23.7 Å². The maximum absolute atomic E-state index is 12.6. The predicted molar refractivity (Wildman–Crippen MR) is 101 cm³/mol. The number of benzene rings is 1. The molecule has 1 saturated heterocycles. The van der Waals surface area contributed by atoms with E-state index in [0.29, 0.717) is 29.7 Å². The second-order valence-corrected chi connectivity index (χ2v) is 6.28. The van der Waals surface area contributed by atoms with E-state index in [4.69, 9.17) is 4.74 Å². The maximum atomic E-state index is 12.6. The van der Waals surface area contributed by atoms with Gasteiger partial charge in [0.2, 0.25) is 0 Å². The molecule has 0 aliphatic carbocycles. The summed E-state index contributed by atoms with van der Waals surface area (Å²) in [6.45, 7) is 6.99. The number of hydrogen-bond donors (Lipinski definition) is 1. The summed E-state index contributed by atoms with van der Waals surface area (Å²) in [5, 5.41) is 15.4. The normalized spacial score (nSPS) is 15.3. The van der Waals surface area contributed by atoms with Crippen molar-refractivity contribution < 1.29 is 9.66 Å². The molecule has 0 unspecified atom stereocenters. The van der Waals surface area contributed by atoms with Gasteiger partial charge < -0.3 is 14.6 Å². The van der Waals surface area contributed by atoms with Crippen molar-refractivity contribution in [3.63, 3.8) is 0 Å². The number of rotatable bonds is 7. The molecular formula is C18H24N4O4. The molecule has 2 aromatic rings. The summed E-state index contributed by atoms with van der Waals surface area (Å²) in [5.74, 6) is 0. The Labute approximate surface area is 151 Å². The van der Waals surface area contributed by atoms with Crippen molar-refractivity contribution in [3.05, 3.63) is 44.7 Å². The van der Waals surface area contributed by atoms with Crippen LogP contribution in [0.25, 0.3) is 10.9 Å². The fourth-order valence-electron chi connectivity index (χ4n) is 3.40. The highest BCUT2D eigenvalue weighted by atomic mass is 16.6. The molecule has 1 aliphatic rings. The molecule has 1 N–H and O–H groups in total. The van der Waals surface area contributed by atoms with Crippen LogP contribution in [0.1, 0.15) is 13.3 Å². The van der Waals surface area contributed by atoms with E-state index in [1.165, 1.54) is 4.57 Å². The standard InChI is InChI=1S/C18H24N4O4/c1-2-21-15-7-4-3-6-14(15)16(17(18(21)23)22(24)25)19-8-5-9-20-10-12-26-13-11-20/h3-4,6-7,19H,2,5,8-13H2,1H3. The summed E-state index contributed by atoms with van der Waals surface area (Å²) in [5.41, 5.74) is 0.0901. The molecule has 2 heterocycles. The van der Waals surface area contributed by atoms with E-state index in [-0.39, 0.29) is 5.69 Å². The topological polar surface area (TPSA) is 89.6 Å². The van der Waals surface area contributed by atoms with Gasteiger partial charge in [-0.3, -0.25) is 19.8 Å². The number of morpholine rings is 1. The molecule has 0 amide bonds. The summed E-state index contributed by atoms with van der Waals surface area (Å²) in [6.07, 6.45) is 0.836. The van der Waals surface area contributed by atoms with Gasteiger partial charge in [0.1, 0.15) is 5.69 Å². The highest BCUT2D eigenvalue weighted by molar-refractivity contribution is 5.96. The van der Waals surface area contributed by atoms with E-state index in [9.17, 15) is 14.9 Å². The third kappa shape index (κ3) is 3.71. The van der Waals surface area contributed by atoms with Gasteiger partial charge in [0.25, 0.3) is 0 Å². The van der Waals surface area contributed by atoms with Gasteiger partial charge in [0.15, 0.2) is 0 Å². The number of fused-ring (bicyclic) bond motifs is 1. The number of anilines is 1. The first-order valence-corrected chi connectivity index (χ1v) is 8.97. The number of nitrogens with one attached hydrogen (secondary N) is 1. The SMILES string of the molecule is CCn1c(=O)c([N+](=O)[O-])c(NCCCN2CCOCC2)c2ccccc21. The molecule has 8 nitrogen and oxygen atoms in total. The molecule has 0 saturated carbocycles. The Hall–Kier alpha value is -2.45. The van der Waals surface area contributed by atoms with Gasteiger partial charge in [-0.15, -0.1) is 0 Å². The molecule has 1 aromatic carbocycles. The summed E-state index contributed by atoms with van der Waals surface area (Å²) in [7, 11) is 0. The minimum absolute atomic E-state index is 0.322. The second-order valence-electron chi connectivity index (χ2n) is 6.28. The van der Waals surface area contributed by atoms with Crippen molar-refractivity contribution >= 4 is 22.3 Å². The Kier molecular flexibility index (Phi) is 5.85. The number of nitrogens with zero attached hydrogens (tertiary/aromatic N) is 3. The first-order chi connectivity index (χ1) is 12.6. The lowest BCUT2D eigenvalue weighted by molar-refractivity contribution is -0.385. The zero-order valence-corrected chi connectivity index (χ0v) is 14.9. The number of nitro groups is 1. The van der Waals surface area contributed by atoms with Crippen LogP contribution in [0.5, 0.6) is 0 Å². The smallest absolute Gasteiger partial charge is 0.357 e. The van der Waals surface area contributed by atoms with Crippen LogP contribution in [0.2, 0.25) is 0 Å². The molecule has 0 spiro atoms. The molecule has 1 aliphatic heterocycles. The summed E-state index contributed by atoms with van der Waals surface area (Å²) in [4.78, 5) is 25.9. The van der Waals surface area contributed by atoms with Crippen LogP contribution in [0.3, 0.4) is 0 Å². The average Bonchev–Trinajstić information content (AvgIpc) is 2.65. The second kappa shape index (κ2) is 8.29. The van der Waals surface area contributed by atoms with Gasteiger partial charge in [-0.2, -0.15) is 0 Å². The van der Waals surface area contributed by atoms with Gasteiger partial charge in [-0.05, 0) is 26.0 Å². The minimum Gasteiger partial charge on any atom is -0.379 e. The molecule has 26 heavy (non-hydrogen) atoms. The molecule has 3 rings (SSSR count). The molecule has 0 radical (unpaired) electrons. The van der Waals surface area contributed by atoms with Gasteiger partial charge >= 0.3 is 11.2 Å². The zero-order chi connectivity index (χ0) is 18.5. The van der Waals surface area contributed by atoms with Crippen LogP contribution in [-0.4, -0.2) is 53.8 Å². The first kappa shape index (κ1) is 18.3. The van der Waals surface area contributed by atoms with Crippen molar-refractivity contribution in [3.8, 4) is 0 Å². The Morgan fingerprint density at radius 1 is 1.27 bits per heavy atom. The van der Waals surface area contributed by atoms with E-state index in [1.54, 1.807) is 0 Å². The fourth-order valence-corrected chi connectivity index (χ4v) is 3.40. The lowest BCUT2D eigenvalue weighted by atomic mass is 10.1. The van der Waals surface area contributed by atoms with E-state index in [0.717, 1.165) is 39.3 Å². The quantitative estimate of drug-likeness (QED) is 0.462. The largest absolute Gasteiger partial charge is 0.379 e. The Bertz CT molecular complexity index is 843. The monoisotopic (exact) mass is 360 g/mol. The molecule has 1 fully saturated rings. The Balaban J connectivity index is 1.85. The number of ether oxygens (including phenoxy) is 1.